The summed E-state index contributed by atoms with van der Waals surface area (Å²) < 4.78 is 32.7. The van der Waals surface area contributed by atoms with Gasteiger partial charge in [0.25, 0.3) is 0 Å². The summed E-state index contributed by atoms with van der Waals surface area (Å²) in [5.74, 6) is -0.431. The molecule has 3 rings (SSSR count). The molecule has 142 valence electrons. The van der Waals surface area contributed by atoms with Crippen LogP contribution in [-0.2, 0) is 27.8 Å². The van der Waals surface area contributed by atoms with Crippen LogP contribution in [-0.4, -0.2) is 37.5 Å². The molecule has 0 amide bonds. The summed E-state index contributed by atoms with van der Waals surface area (Å²) in [6.07, 6.45) is 2.94. The molecule has 0 N–H and O–H groups in total. The minimum absolute atomic E-state index is 0.159. The van der Waals surface area contributed by atoms with Gasteiger partial charge in [-0.2, -0.15) is 5.10 Å². The molecule has 0 unspecified atom stereocenters. The molecule has 0 spiro atoms. The lowest BCUT2D eigenvalue weighted by atomic mass is 10.1. The molecule has 1 aromatic heterocycles. The molecule has 0 radical (unpaired) electrons. The molecule has 0 aliphatic rings. The largest absolute Gasteiger partial charge is 0.465 e. The number of hydrogen-bond acceptors (Lipinski definition) is 5. The Kier molecular flexibility index (Phi) is 5.18. The molecule has 7 nitrogen and oxygen atoms in total. The smallest absolute Gasteiger partial charge is 0.337 e. The third-order valence-corrected chi connectivity index (χ3v) is 5.46. The van der Waals surface area contributed by atoms with E-state index in [1.54, 1.807) is 36.5 Å². The summed E-state index contributed by atoms with van der Waals surface area (Å²) in [6, 6.07) is 12.2. The first kappa shape index (κ1) is 18.9. The van der Waals surface area contributed by atoms with E-state index >= 15 is 0 Å². The van der Waals surface area contributed by atoms with Gasteiger partial charge >= 0.3 is 5.97 Å². The molecule has 0 aliphatic heterocycles. The number of ether oxygens (including phenoxy) is 1. The Morgan fingerprint density at radius 2 is 1.89 bits per heavy atom. The van der Waals surface area contributed by atoms with Crippen molar-refractivity contribution < 1.29 is 17.9 Å². The van der Waals surface area contributed by atoms with Gasteiger partial charge in [-0.05, 0) is 42.8 Å². The van der Waals surface area contributed by atoms with Gasteiger partial charge in [-0.3, -0.25) is 8.99 Å². The molecule has 1 heterocycles. The third-order valence-electron chi connectivity index (χ3n) is 4.32. The van der Waals surface area contributed by atoms with Crippen LogP contribution in [0.5, 0.6) is 0 Å². The lowest BCUT2D eigenvalue weighted by Crippen LogP contribution is -2.29. The maximum Gasteiger partial charge on any atom is 0.337 e. The van der Waals surface area contributed by atoms with Crippen LogP contribution in [0.25, 0.3) is 10.9 Å². The standard InChI is InChI=1S/C19H21N3O4S/c1-4-21-18-11-17(10-9-16(18)12-20-21)22(27(3,24)25)13-14-5-7-15(8-6-14)19(23)26-2/h5-12H,4,13H2,1-3H3. The van der Waals surface area contributed by atoms with E-state index in [0.717, 1.165) is 16.5 Å². The average Bonchev–Trinajstić information content (AvgIpc) is 3.07. The van der Waals surface area contributed by atoms with Gasteiger partial charge in [0.2, 0.25) is 10.0 Å². The van der Waals surface area contributed by atoms with Gasteiger partial charge in [-0.1, -0.05) is 12.1 Å². The van der Waals surface area contributed by atoms with Crippen LogP contribution in [0.15, 0.2) is 48.7 Å². The molecule has 8 heteroatoms. The maximum absolute atomic E-state index is 12.4. The molecule has 0 saturated heterocycles. The van der Waals surface area contributed by atoms with Gasteiger partial charge in [0.05, 0.1) is 42.9 Å². The Hall–Kier alpha value is -2.87. The minimum Gasteiger partial charge on any atom is -0.465 e. The Balaban J connectivity index is 1.96. The van der Waals surface area contributed by atoms with E-state index in [2.05, 4.69) is 9.84 Å². The highest BCUT2D eigenvalue weighted by Gasteiger charge is 2.19. The second-order valence-corrected chi connectivity index (χ2v) is 8.07. The molecule has 0 saturated carbocycles. The summed E-state index contributed by atoms with van der Waals surface area (Å²) >= 11 is 0. The van der Waals surface area contributed by atoms with Gasteiger partial charge in [0, 0.05) is 11.9 Å². The van der Waals surface area contributed by atoms with Crippen LogP contribution < -0.4 is 4.31 Å². The number of carbonyl (C=O) groups excluding carboxylic acids is 1. The number of anilines is 1. The van der Waals surface area contributed by atoms with Gasteiger partial charge in [0.1, 0.15) is 0 Å². The third kappa shape index (κ3) is 3.95. The Morgan fingerprint density at radius 3 is 2.48 bits per heavy atom. The van der Waals surface area contributed by atoms with Crippen molar-refractivity contribution in [1.82, 2.24) is 9.78 Å². The van der Waals surface area contributed by atoms with E-state index in [-0.39, 0.29) is 6.54 Å². The van der Waals surface area contributed by atoms with E-state index in [4.69, 9.17) is 0 Å². The SMILES string of the molecule is CCn1ncc2ccc(N(Cc3ccc(C(=O)OC)cc3)S(C)(=O)=O)cc21. The van der Waals surface area contributed by atoms with Crippen molar-refractivity contribution >= 4 is 32.6 Å². The zero-order chi connectivity index (χ0) is 19.6. The molecule has 0 aliphatic carbocycles. The summed E-state index contributed by atoms with van der Waals surface area (Å²) in [4.78, 5) is 11.6. The highest BCUT2D eigenvalue weighted by molar-refractivity contribution is 7.92. The first-order valence-corrected chi connectivity index (χ1v) is 10.3. The number of aromatic nitrogens is 2. The maximum atomic E-state index is 12.4. The first-order valence-electron chi connectivity index (χ1n) is 8.44. The second-order valence-electron chi connectivity index (χ2n) is 6.16. The van der Waals surface area contributed by atoms with Crippen LogP contribution >= 0.6 is 0 Å². The van der Waals surface area contributed by atoms with E-state index < -0.39 is 16.0 Å². The number of benzene rings is 2. The van der Waals surface area contributed by atoms with Crippen LogP contribution in [0.3, 0.4) is 0 Å². The van der Waals surface area contributed by atoms with Crippen LogP contribution in [0.1, 0.15) is 22.8 Å². The molecule has 27 heavy (non-hydrogen) atoms. The number of fused-ring (bicyclic) bond motifs is 1. The Morgan fingerprint density at radius 1 is 1.19 bits per heavy atom. The first-order chi connectivity index (χ1) is 12.8. The predicted octanol–water partition coefficient (Wildman–Crippen LogP) is 2.81. The monoisotopic (exact) mass is 387 g/mol. The van der Waals surface area contributed by atoms with E-state index in [9.17, 15) is 13.2 Å². The molecular weight excluding hydrogens is 366 g/mol. The summed E-state index contributed by atoms with van der Waals surface area (Å²) in [5, 5.41) is 5.25. The van der Waals surface area contributed by atoms with Crippen molar-refractivity contribution in [3.05, 3.63) is 59.8 Å². The highest BCUT2D eigenvalue weighted by Crippen LogP contribution is 2.26. The lowest BCUT2D eigenvalue weighted by Gasteiger charge is -2.23. The topological polar surface area (TPSA) is 81.5 Å². The normalized spacial score (nSPS) is 11.5. The fourth-order valence-corrected chi connectivity index (χ4v) is 3.78. The van der Waals surface area contributed by atoms with Crippen molar-refractivity contribution in [3.63, 3.8) is 0 Å². The van der Waals surface area contributed by atoms with Crippen LogP contribution in [0, 0.1) is 0 Å². The number of esters is 1. The van der Waals surface area contributed by atoms with E-state index in [1.165, 1.54) is 17.7 Å². The second kappa shape index (κ2) is 7.40. The van der Waals surface area contributed by atoms with Crippen LogP contribution in [0.4, 0.5) is 5.69 Å². The van der Waals surface area contributed by atoms with Crippen molar-refractivity contribution in [2.45, 2.75) is 20.0 Å². The number of rotatable bonds is 6. The lowest BCUT2D eigenvalue weighted by molar-refractivity contribution is 0.0600. The minimum atomic E-state index is -3.51. The van der Waals surface area contributed by atoms with Crippen molar-refractivity contribution in [2.24, 2.45) is 0 Å². The number of carbonyl (C=O) groups is 1. The fourth-order valence-electron chi connectivity index (χ4n) is 2.90. The Bertz CT molecular complexity index is 1070. The molecule has 3 aromatic rings. The van der Waals surface area contributed by atoms with Gasteiger partial charge in [0.15, 0.2) is 0 Å². The average molecular weight is 387 g/mol. The predicted molar refractivity (Wildman–Crippen MR) is 104 cm³/mol. The van der Waals surface area contributed by atoms with Crippen molar-refractivity contribution in [3.8, 4) is 0 Å². The molecule has 0 bridgehead atoms. The highest BCUT2D eigenvalue weighted by atomic mass is 32.2. The summed E-state index contributed by atoms with van der Waals surface area (Å²) in [6.45, 7) is 2.84. The number of hydrogen-bond donors (Lipinski definition) is 0. The number of nitrogens with zero attached hydrogens (tertiary/aromatic N) is 3. The summed E-state index contributed by atoms with van der Waals surface area (Å²) in [5.41, 5.74) is 2.62. The van der Waals surface area contributed by atoms with Crippen molar-refractivity contribution in [2.75, 3.05) is 17.7 Å². The zero-order valence-electron chi connectivity index (χ0n) is 15.4. The van der Waals surface area contributed by atoms with Gasteiger partial charge in [-0.25, -0.2) is 13.2 Å². The summed E-state index contributed by atoms with van der Waals surface area (Å²) in [7, 11) is -2.19. The Labute approximate surface area is 158 Å². The quantitative estimate of drug-likeness (QED) is 0.608. The molecular formula is C19H21N3O4S. The van der Waals surface area contributed by atoms with Gasteiger partial charge in [-0.15, -0.1) is 0 Å². The van der Waals surface area contributed by atoms with Gasteiger partial charge < -0.3 is 4.74 Å². The molecule has 0 fully saturated rings. The molecule has 0 atom stereocenters. The zero-order valence-corrected chi connectivity index (χ0v) is 16.2. The van der Waals surface area contributed by atoms with E-state index in [1.807, 2.05) is 23.7 Å². The number of methoxy groups -OCH3 is 1. The number of sulfonamides is 1. The molecule has 2 aromatic carbocycles. The van der Waals surface area contributed by atoms with Crippen molar-refractivity contribution in [1.29, 1.82) is 0 Å². The fraction of sp³-hybridized carbons (Fsp3) is 0.263. The van der Waals surface area contributed by atoms with Crippen LogP contribution in [0.2, 0.25) is 0 Å². The number of aryl methyl sites for hydroxylation is 1. The van der Waals surface area contributed by atoms with E-state index in [0.29, 0.717) is 17.8 Å².